The molecule has 11 nitrogen and oxygen atoms in total. The molecule has 2 atom stereocenters. The molecule has 0 fully saturated rings. The molecule has 1 unspecified atom stereocenters. The number of rotatable bonds is 16. The second kappa shape index (κ2) is 17.4. The Morgan fingerprint density at radius 2 is 1.45 bits per heavy atom. The summed E-state index contributed by atoms with van der Waals surface area (Å²) in [6.45, 7) is 2.68. The van der Waals surface area contributed by atoms with Gasteiger partial charge in [0.2, 0.25) is 17.7 Å². The molecule has 2 aromatic carbocycles. The van der Waals surface area contributed by atoms with Crippen LogP contribution in [0.4, 0.5) is 0 Å². The van der Waals surface area contributed by atoms with Crippen LogP contribution in [0.15, 0.2) is 57.5 Å². The Labute approximate surface area is 260 Å². The maximum absolute atomic E-state index is 12.7. The summed E-state index contributed by atoms with van der Waals surface area (Å²) in [7, 11) is 0. The lowest BCUT2D eigenvalue weighted by atomic mass is 10.0. The monoisotopic (exact) mass is 708 g/mol. The number of aryl methyl sites for hydroxylation is 1. The molecular weight excluding hydrogens is 676 g/mol. The highest BCUT2D eigenvalue weighted by molar-refractivity contribution is 9.11. The molecule has 0 aliphatic rings. The zero-order valence-corrected chi connectivity index (χ0v) is 26.4. The molecule has 2 aromatic rings. The Kier molecular flexibility index (Phi) is 14.3. The summed E-state index contributed by atoms with van der Waals surface area (Å²) in [6, 6.07) is 12.0. The molecule has 2 rings (SSSR count). The standard InChI is InChI=1S/C29H34Br2N4O7/c1-17(2)26(29(42)32-15-22(36)10-6-9-18-7-4-3-5-8-18)35-24(37)16-33-28(41)23(14-25(38)39)34-27(40)19-11-20(30)13-21(31)12-19/h3-5,7-8,11-13,17,23,26H,6,9-10,14-16H2,1-2H3,(H,32,42)(H,33,41)(H,34,40)(H,35,37)(H,38,39)/t23-,26?/m0/s1. The van der Waals surface area contributed by atoms with E-state index in [0.717, 1.165) is 12.0 Å². The molecule has 0 spiro atoms. The summed E-state index contributed by atoms with van der Waals surface area (Å²) in [5.41, 5.74) is 1.30. The molecule has 0 heterocycles. The van der Waals surface area contributed by atoms with Gasteiger partial charge in [-0.25, -0.2) is 0 Å². The van der Waals surface area contributed by atoms with Crippen molar-refractivity contribution in [3.8, 4) is 0 Å². The van der Waals surface area contributed by atoms with E-state index in [2.05, 4.69) is 53.1 Å². The molecule has 0 aliphatic heterocycles. The van der Waals surface area contributed by atoms with Crippen molar-refractivity contribution in [1.82, 2.24) is 21.3 Å². The molecular formula is C29H34Br2N4O7. The maximum atomic E-state index is 12.7. The largest absolute Gasteiger partial charge is 0.481 e. The molecule has 42 heavy (non-hydrogen) atoms. The number of ketones is 1. The van der Waals surface area contributed by atoms with Gasteiger partial charge >= 0.3 is 5.97 Å². The quantitative estimate of drug-likeness (QED) is 0.178. The number of hydrogen-bond acceptors (Lipinski definition) is 6. The van der Waals surface area contributed by atoms with E-state index >= 15 is 0 Å². The number of halogens is 2. The molecule has 0 saturated heterocycles. The van der Waals surface area contributed by atoms with Gasteiger partial charge in [0.05, 0.1) is 19.5 Å². The fraction of sp³-hybridized carbons (Fsp3) is 0.379. The highest BCUT2D eigenvalue weighted by Gasteiger charge is 2.27. The van der Waals surface area contributed by atoms with Crippen molar-refractivity contribution >= 4 is 67.2 Å². The van der Waals surface area contributed by atoms with Crippen LogP contribution in [0.1, 0.15) is 49.0 Å². The van der Waals surface area contributed by atoms with Crippen LogP contribution in [0.2, 0.25) is 0 Å². The van der Waals surface area contributed by atoms with Gasteiger partial charge in [-0.2, -0.15) is 0 Å². The van der Waals surface area contributed by atoms with Gasteiger partial charge in [-0.1, -0.05) is 76.0 Å². The Hall–Kier alpha value is -3.58. The first-order valence-corrected chi connectivity index (χ1v) is 14.8. The zero-order chi connectivity index (χ0) is 31.2. The molecule has 0 saturated carbocycles. The summed E-state index contributed by atoms with van der Waals surface area (Å²) >= 11 is 6.52. The normalized spacial score (nSPS) is 12.1. The van der Waals surface area contributed by atoms with Crippen LogP contribution in [0.5, 0.6) is 0 Å². The number of carbonyl (C=O) groups is 6. The Morgan fingerprint density at radius 1 is 0.833 bits per heavy atom. The van der Waals surface area contributed by atoms with Gasteiger partial charge in [0.25, 0.3) is 5.91 Å². The maximum Gasteiger partial charge on any atom is 0.305 e. The minimum atomic E-state index is -1.46. The summed E-state index contributed by atoms with van der Waals surface area (Å²) < 4.78 is 1.18. The molecule has 0 radical (unpaired) electrons. The smallest absolute Gasteiger partial charge is 0.305 e. The fourth-order valence-electron chi connectivity index (χ4n) is 3.88. The van der Waals surface area contributed by atoms with E-state index in [9.17, 15) is 33.9 Å². The summed E-state index contributed by atoms with van der Waals surface area (Å²) in [5, 5.41) is 19.0. The lowest BCUT2D eigenvalue weighted by Gasteiger charge is -2.22. The van der Waals surface area contributed by atoms with Crippen LogP contribution in [0, 0.1) is 5.92 Å². The highest BCUT2D eigenvalue weighted by Crippen LogP contribution is 2.20. The predicted octanol–water partition coefficient (Wildman–Crippen LogP) is 2.75. The van der Waals surface area contributed by atoms with Crippen LogP contribution >= 0.6 is 31.9 Å². The predicted molar refractivity (Wildman–Crippen MR) is 163 cm³/mol. The van der Waals surface area contributed by atoms with Gasteiger partial charge in [0.15, 0.2) is 5.78 Å². The number of hydrogen-bond donors (Lipinski definition) is 5. The number of amides is 4. The van der Waals surface area contributed by atoms with Gasteiger partial charge in [-0.3, -0.25) is 28.8 Å². The summed E-state index contributed by atoms with van der Waals surface area (Å²) in [6.07, 6.45) is 0.972. The first-order valence-electron chi connectivity index (χ1n) is 13.2. The van der Waals surface area contributed by atoms with Crippen LogP contribution in [0.3, 0.4) is 0 Å². The van der Waals surface area contributed by atoms with Crippen LogP contribution in [-0.2, 0) is 30.4 Å². The molecule has 13 heteroatoms. The highest BCUT2D eigenvalue weighted by atomic mass is 79.9. The SMILES string of the molecule is CC(C)C(NC(=O)CNC(=O)[C@H](CC(=O)O)NC(=O)c1cc(Br)cc(Br)c1)C(=O)NCC(=O)CCCc1ccccc1. The molecule has 226 valence electrons. The summed E-state index contributed by atoms with van der Waals surface area (Å²) in [5.74, 6) is -4.62. The van der Waals surface area contributed by atoms with Gasteiger partial charge in [-0.15, -0.1) is 0 Å². The lowest BCUT2D eigenvalue weighted by Crippen LogP contribution is -2.54. The number of carbonyl (C=O) groups excluding carboxylic acids is 5. The van der Waals surface area contributed by atoms with E-state index in [1.165, 1.54) is 12.1 Å². The second-order valence-corrected chi connectivity index (χ2v) is 11.7. The molecule has 0 aliphatic carbocycles. The lowest BCUT2D eigenvalue weighted by molar-refractivity contribution is -0.140. The molecule has 0 aromatic heterocycles. The average molecular weight is 710 g/mol. The van der Waals surface area contributed by atoms with Gasteiger partial charge in [0.1, 0.15) is 12.1 Å². The van der Waals surface area contributed by atoms with Crippen molar-refractivity contribution in [2.45, 2.75) is 51.6 Å². The third kappa shape index (κ3) is 12.5. The van der Waals surface area contributed by atoms with Gasteiger partial charge in [0, 0.05) is 20.9 Å². The van der Waals surface area contributed by atoms with Crippen LogP contribution in [-0.4, -0.2) is 65.7 Å². The molecule has 4 amide bonds. The first-order chi connectivity index (χ1) is 19.8. The van der Waals surface area contributed by atoms with Crippen molar-refractivity contribution in [3.63, 3.8) is 0 Å². The summed E-state index contributed by atoms with van der Waals surface area (Å²) in [4.78, 5) is 74.1. The third-order valence-corrected chi connectivity index (χ3v) is 6.95. The van der Waals surface area contributed by atoms with E-state index in [1.54, 1.807) is 19.9 Å². The average Bonchev–Trinajstić information content (AvgIpc) is 2.92. The van der Waals surface area contributed by atoms with E-state index in [1.807, 2.05) is 30.3 Å². The fourth-order valence-corrected chi connectivity index (χ4v) is 5.17. The second-order valence-electron chi connectivity index (χ2n) is 9.88. The van der Waals surface area contributed by atoms with Crippen molar-refractivity contribution < 1.29 is 33.9 Å². The molecule has 0 bridgehead atoms. The van der Waals surface area contributed by atoms with Crippen molar-refractivity contribution in [3.05, 3.63) is 68.6 Å². The minimum absolute atomic E-state index is 0.137. The van der Waals surface area contributed by atoms with Crippen molar-refractivity contribution in [2.75, 3.05) is 13.1 Å². The van der Waals surface area contributed by atoms with Crippen LogP contribution < -0.4 is 21.3 Å². The number of aliphatic carboxylic acids is 1. The number of Topliss-reactive ketones (excluding diaryl/α,β-unsaturated/α-hetero) is 1. The Morgan fingerprint density at radius 3 is 2.05 bits per heavy atom. The molecule has 5 N–H and O–H groups in total. The van der Waals surface area contributed by atoms with Crippen LogP contribution in [0.25, 0.3) is 0 Å². The van der Waals surface area contributed by atoms with E-state index in [-0.39, 0.29) is 23.8 Å². The zero-order valence-electron chi connectivity index (χ0n) is 23.2. The van der Waals surface area contributed by atoms with E-state index in [4.69, 9.17) is 0 Å². The number of nitrogens with one attached hydrogen (secondary N) is 4. The number of benzene rings is 2. The number of carboxylic acid groups (broad SMARTS) is 1. The Bertz CT molecular complexity index is 1270. The topological polar surface area (TPSA) is 171 Å². The van der Waals surface area contributed by atoms with Gasteiger partial charge in [-0.05, 0) is 42.5 Å². The Balaban J connectivity index is 1.86. The first kappa shape index (κ1) is 34.6. The number of carboxylic acids is 1. The van der Waals surface area contributed by atoms with E-state index in [0.29, 0.717) is 21.8 Å². The van der Waals surface area contributed by atoms with Crippen molar-refractivity contribution in [1.29, 1.82) is 0 Å². The minimum Gasteiger partial charge on any atom is -0.481 e. The third-order valence-electron chi connectivity index (χ3n) is 6.04. The van der Waals surface area contributed by atoms with E-state index < -0.39 is 54.6 Å². The van der Waals surface area contributed by atoms with Gasteiger partial charge < -0.3 is 26.4 Å². The van der Waals surface area contributed by atoms with Crippen molar-refractivity contribution in [2.24, 2.45) is 5.92 Å².